The zero-order valence-electron chi connectivity index (χ0n) is 24.6. The highest BCUT2D eigenvalue weighted by Gasteiger charge is 2.22. The van der Waals surface area contributed by atoms with Crippen LogP contribution in [0.2, 0.25) is 0 Å². The van der Waals surface area contributed by atoms with Gasteiger partial charge < -0.3 is 29.2 Å². The molecule has 0 fully saturated rings. The van der Waals surface area contributed by atoms with E-state index in [9.17, 15) is 10.2 Å². The average molecular weight is 573 g/mol. The minimum Gasteiger partial charge on any atom is -0.386 e. The Morgan fingerprint density at radius 3 is 1.10 bits per heavy atom. The van der Waals surface area contributed by atoms with Crippen molar-refractivity contribution in [2.24, 2.45) is 0 Å². The Balaban J connectivity index is 0.000000230. The molecule has 0 aliphatic carbocycles. The van der Waals surface area contributed by atoms with Gasteiger partial charge in [-0.25, -0.2) is 0 Å². The fraction of sp³-hybridized carbons (Fsp3) is 0.333. The third-order valence-corrected chi connectivity index (χ3v) is 6.91. The summed E-state index contributed by atoms with van der Waals surface area (Å²) < 4.78 is 21.3. The van der Waals surface area contributed by atoms with Crippen LogP contribution in [0.3, 0.4) is 0 Å². The molecule has 0 spiro atoms. The summed E-state index contributed by atoms with van der Waals surface area (Å²) >= 11 is 0. The first kappa shape index (κ1) is 33.1. The summed E-state index contributed by atoms with van der Waals surface area (Å²) in [7, 11) is 3.17. The molecule has 0 aliphatic heterocycles. The van der Waals surface area contributed by atoms with Crippen LogP contribution in [0.1, 0.15) is 47.3 Å². The standard InChI is InChI=1S/2C18H22O3/c2*1-20-14-21-17(13-12-15-8-4-2-5-9-15)18(19)16-10-6-3-7-11-16/h2*2-11,17-19H,12-14H2,1H3/t17-,18+;17-,18-/m00/s1. The number of aliphatic hydroxyl groups is 2. The Morgan fingerprint density at radius 1 is 0.476 bits per heavy atom. The molecule has 0 saturated heterocycles. The molecule has 0 unspecified atom stereocenters. The molecule has 0 bridgehead atoms. The van der Waals surface area contributed by atoms with E-state index in [1.807, 2.05) is 97.1 Å². The van der Waals surface area contributed by atoms with Gasteiger partial charge in [-0.15, -0.1) is 0 Å². The van der Waals surface area contributed by atoms with E-state index in [0.717, 1.165) is 36.8 Å². The second-order valence-corrected chi connectivity index (χ2v) is 9.98. The maximum absolute atomic E-state index is 10.5. The van der Waals surface area contributed by atoms with Crippen LogP contribution >= 0.6 is 0 Å². The Hall–Kier alpha value is -3.36. The molecule has 0 amide bonds. The summed E-state index contributed by atoms with van der Waals surface area (Å²) in [5.41, 5.74) is 4.21. The third-order valence-electron chi connectivity index (χ3n) is 6.91. The number of benzene rings is 4. The molecule has 4 aromatic carbocycles. The van der Waals surface area contributed by atoms with E-state index in [2.05, 4.69) is 24.3 Å². The van der Waals surface area contributed by atoms with Gasteiger partial charge in [0.2, 0.25) is 0 Å². The van der Waals surface area contributed by atoms with Crippen molar-refractivity contribution in [3.63, 3.8) is 0 Å². The molecule has 0 heterocycles. The zero-order chi connectivity index (χ0) is 29.8. The highest BCUT2D eigenvalue weighted by Crippen LogP contribution is 2.24. The molecule has 6 nitrogen and oxygen atoms in total. The number of ether oxygens (including phenoxy) is 4. The maximum atomic E-state index is 10.5. The van der Waals surface area contributed by atoms with E-state index in [4.69, 9.17) is 18.9 Å². The number of rotatable bonds is 16. The highest BCUT2D eigenvalue weighted by molar-refractivity contribution is 5.20. The molecule has 42 heavy (non-hydrogen) atoms. The molecule has 4 rings (SSSR count). The van der Waals surface area contributed by atoms with Crippen LogP contribution in [0, 0.1) is 0 Å². The summed E-state index contributed by atoms with van der Waals surface area (Å²) in [5, 5.41) is 21.0. The molecule has 0 radical (unpaired) electrons. The summed E-state index contributed by atoms with van der Waals surface area (Å²) in [5.74, 6) is 0. The molecule has 4 atom stereocenters. The normalized spacial score (nSPS) is 13.8. The molecule has 0 saturated carbocycles. The van der Waals surface area contributed by atoms with Gasteiger partial charge in [0, 0.05) is 14.2 Å². The van der Waals surface area contributed by atoms with E-state index < -0.39 is 12.2 Å². The average Bonchev–Trinajstić information content (AvgIpc) is 3.06. The topological polar surface area (TPSA) is 77.4 Å². The lowest BCUT2D eigenvalue weighted by molar-refractivity contribution is -0.116. The fourth-order valence-corrected chi connectivity index (χ4v) is 4.61. The zero-order valence-corrected chi connectivity index (χ0v) is 24.6. The van der Waals surface area contributed by atoms with Crippen molar-refractivity contribution in [3.8, 4) is 0 Å². The number of aryl methyl sites for hydroxylation is 2. The molecule has 6 heteroatoms. The first-order chi connectivity index (χ1) is 20.6. The van der Waals surface area contributed by atoms with Crippen LogP contribution in [-0.4, -0.2) is 50.2 Å². The smallest absolute Gasteiger partial charge is 0.146 e. The summed E-state index contributed by atoms with van der Waals surface area (Å²) in [6.07, 6.45) is 1.33. The second kappa shape index (κ2) is 19.7. The highest BCUT2D eigenvalue weighted by atomic mass is 16.7. The van der Waals surface area contributed by atoms with Crippen LogP contribution < -0.4 is 0 Å². The summed E-state index contributed by atoms with van der Waals surface area (Å²) in [6, 6.07) is 39.6. The Bertz CT molecular complexity index is 1090. The van der Waals surface area contributed by atoms with Crippen molar-refractivity contribution < 1.29 is 29.2 Å². The van der Waals surface area contributed by atoms with Crippen molar-refractivity contribution in [1.82, 2.24) is 0 Å². The number of hydrogen-bond donors (Lipinski definition) is 2. The van der Waals surface area contributed by atoms with Gasteiger partial charge in [0.05, 0.1) is 12.2 Å². The molecule has 0 aromatic heterocycles. The molecule has 0 aliphatic rings. The molecular formula is C36H44O6. The van der Waals surface area contributed by atoms with Gasteiger partial charge in [0.25, 0.3) is 0 Å². The number of aliphatic hydroxyl groups excluding tert-OH is 2. The van der Waals surface area contributed by atoms with Gasteiger partial charge in [-0.1, -0.05) is 121 Å². The number of hydrogen-bond acceptors (Lipinski definition) is 6. The van der Waals surface area contributed by atoms with Crippen molar-refractivity contribution in [3.05, 3.63) is 144 Å². The SMILES string of the molecule is COCO[C@@H](CCc1ccccc1)[C@@H](O)c1ccccc1.COCO[C@@H](CCc1ccccc1)[C@H](O)c1ccccc1. The van der Waals surface area contributed by atoms with Crippen LogP contribution in [0.4, 0.5) is 0 Å². The van der Waals surface area contributed by atoms with E-state index in [0.29, 0.717) is 0 Å². The molecule has 4 aromatic rings. The predicted molar refractivity (Wildman–Crippen MR) is 166 cm³/mol. The van der Waals surface area contributed by atoms with Gasteiger partial charge in [-0.05, 0) is 47.9 Å². The second-order valence-electron chi connectivity index (χ2n) is 9.98. The summed E-state index contributed by atoms with van der Waals surface area (Å²) in [4.78, 5) is 0. The van der Waals surface area contributed by atoms with E-state index in [-0.39, 0.29) is 25.8 Å². The Kier molecular flexibility index (Phi) is 15.6. The van der Waals surface area contributed by atoms with Gasteiger partial charge in [-0.2, -0.15) is 0 Å². The quantitative estimate of drug-likeness (QED) is 0.146. The monoisotopic (exact) mass is 572 g/mol. The van der Waals surface area contributed by atoms with Gasteiger partial charge >= 0.3 is 0 Å². The molecule has 2 N–H and O–H groups in total. The van der Waals surface area contributed by atoms with Crippen molar-refractivity contribution in [2.45, 2.75) is 50.1 Å². The van der Waals surface area contributed by atoms with Crippen molar-refractivity contribution in [1.29, 1.82) is 0 Å². The van der Waals surface area contributed by atoms with Crippen molar-refractivity contribution in [2.75, 3.05) is 27.8 Å². The maximum Gasteiger partial charge on any atom is 0.146 e. The van der Waals surface area contributed by atoms with Gasteiger partial charge in [0.15, 0.2) is 0 Å². The van der Waals surface area contributed by atoms with E-state index in [1.54, 1.807) is 14.2 Å². The van der Waals surface area contributed by atoms with Crippen LogP contribution in [0.25, 0.3) is 0 Å². The first-order valence-electron chi connectivity index (χ1n) is 14.4. The van der Waals surface area contributed by atoms with Crippen molar-refractivity contribution >= 4 is 0 Å². The Morgan fingerprint density at radius 2 is 0.786 bits per heavy atom. The fourth-order valence-electron chi connectivity index (χ4n) is 4.61. The molecule has 224 valence electrons. The first-order valence-corrected chi connectivity index (χ1v) is 14.4. The van der Waals surface area contributed by atoms with Gasteiger partial charge in [-0.3, -0.25) is 0 Å². The minimum absolute atomic E-state index is 0.184. The largest absolute Gasteiger partial charge is 0.386 e. The molecular weight excluding hydrogens is 528 g/mol. The summed E-state index contributed by atoms with van der Waals surface area (Å²) in [6.45, 7) is 0.368. The predicted octanol–water partition coefficient (Wildman–Crippen LogP) is 6.68. The Labute approximate surface area is 250 Å². The van der Waals surface area contributed by atoms with Crippen LogP contribution in [0.15, 0.2) is 121 Å². The minimum atomic E-state index is -0.648. The number of methoxy groups -OCH3 is 2. The van der Waals surface area contributed by atoms with Gasteiger partial charge in [0.1, 0.15) is 25.8 Å². The van der Waals surface area contributed by atoms with E-state index in [1.165, 1.54) is 11.1 Å². The lowest BCUT2D eigenvalue weighted by Crippen LogP contribution is -2.24. The van der Waals surface area contributed by atoms with Crippen LogP contribution in [0.5, 0.6) is 0 Å². The lowest BCUT2D eigenvalue weighted by atomic mass is 9.98. The van der Waals surface area contributed by atoms with Crippen LogP contribution in [-0.2, 0) is 31.8 Å². The third kappa shape index (κ3) is 11.9. The van der Waals surface area contributed by atoms with E-state index >= 15 is 0 Å². The lowest BCUT2D eigenvalue weighted by Gasteiger charge is -2.23.